The molecule has 3 rings (SSSR count). The predicted octanol–water partition coefficient (Wildman–Crippen LogP) is 3.75. The second-order valence-electron chi connectivity index (χ2n) is 5.66. The SMILES string of the molecule is Cc1ccc(C)c(NC(=O)CC2Sc3ccccc3NC2=O)c1. The van der Waals surface area contributed by atoms with E-state index in [4.69, 9.17) is 0 Å². The third-order valence-electron chi connectivity index (χ3n) is 3.74. The second kappa shape index (κ2) is 6.46. The van der Waals surface area contributed by atoms with Gasteiger partial charge < -0.3 is 10.6 Å². The quantitative estimate of drug-likeness (QED) is 0.903. The average Bonchev–Trinajstić information content (AvgIpc) is 2.51. The Hall–Kier alpha value is -2.27. The molecule has 1 aliphatic rings. The number of para-hydroxylation sites is 1. The van der Waals surface area contributed by atoms with Crippen molar-refractivity contribution in [2.75, 3.05) is 10.6 Å². The minimum atomic E-state index is -0.407. The van der Waals surface area contributed by atoms with Crippen molar-refractivity contribution in [3.8, 4) is 0 Å². The van der Waals surface area contributed by atoms with Crippen molar-refractivity contribution in [2.45, 2.75) is 30.4 Å². The number of carbonyl (C=O) groups is 2. The van der Waals surface area contributed by atoms with Gasteiger partial charge in [0.1, 0.15) is 0 Å². The first-order chi connectivity index (χ1) is 11.0. The smallest absolute Gasteiger partial charge is 0.238 e. The van der Waals surface area contributed by atoms with Gasteiger partial charge in [0.05, 0.1) is 10.9 Å². The summed E-state index contributed by atoms with van der Waals surface area (Å²) in [6.45, 7) is 3.93. The van der Waals surface area contributed by atoms with E-state index in [1.54, 1.807) is 0 Å². The number of nitrogens with one attached hydrogen (secondary N) is 2. The maximum absolute atomic E-state index is 12.3. The van der Waals surface area contributed by atoms with Gasteiger partial charge in [0.2, 0.25) is 11.8 Å². The average molecular weight is 326 g/mol. The molecule has 1 unspecified atom stereocenters. The van der Waals surface area contributed by atoms with Crippen LogP contribution in [-0.2, 0) is 9.59 Å². The first-order valence-corrected chi connectivity index (χ1v) is 8.34. The highest BCUT2D eigenvalue weighted by atomic mass is 32.2. The van der Waals surface area contributed by atoms with Crippen LogP contribution in [0.5, 0.6) is 0 Å². The summed E-state index contributed by atoms with van der Waals surface area (Å²) in [5, 5.41) is 5.36. The number of fused-ring (bicyclic) bond motifs is 1. The molecule has 0 saturated carbocycles. The zero-order valence-corrected chi connectivity index (χ0v) is 13.9. The van der Waals surface area contributed by atoms with E-state index in [0.717, 1.165) is 27.4 Å². The van der Waals surface area contributed by atoms with Crippen molar-refractivity contribution in [3.63, 3.8) is 0 Å². The number of hydrogen-bond donors (Lipinski definition) is 2. The maximum atomic E-state index is 12.3. The summed E-state index contributed by atoms with van der Waals surface area (Å²) in [6, 6.07) is 13.6. The lowest BCUT2D eigenvalue weighted by molar-refractivity contribution is -0.120. The number of anilines is 2. The number of aryl methyl sites for hydroxylation is 2. The molecule has 2 N–H and O–H groups in total. The number of benzene rings is 2. The minimum absolute atomic E-state index is 0.121. The summed E-state index contributed by atoms with van der Waals surface area (Å²) in [5.74, 6) is -0.268. The van der Waals surface area contributed by atoms with Crippen LogP contribution in [0, 0.1) is 13.8 Å². The Labute approximate surface area is 139 Å². The van der Waals surface area contributed by atoms with E-state index in [-0.39, 0.29) is 18.2 Å². The van der Waals surface area contributed by atoms with Gasteiger partial charge in [0.25, 0.3) is 0 Å². The Bertz CT molecular complexity index is 773. The molecular formula is C18H18N2O2S. The Balaban J connectivity index is 1.69. The Kier molecular flexibility index (Phi) is 4.39. The third-order valence-corrected chi connectivity index (χ3v) is 5.02. The van der Waals surface area contributed by atoms with Crippen LogP contribution in [0.3, 0.4) is 0 Å². The molecule has 5 heteroatoms. The topological polar surface area (TPSA) is 58.2 Å². The first-order valence-electron chi connectivity index (χ1n) is 7.46. The number of carbonyl (C=O) groups excluding carboxylic acids is 2. The molecular weight excluding hydrogens is 308 g/mol. The monoisotopic (exact) mass is 326 g/mol. The van der Waals surface area contributed by atoms with Gasteiger partial charge in [-0.05, 0) is 43.2 Å². The molecule has 1 heterocycles. The van der Waals surface area contributed by atoms with Crippen molar-refractivity contribution in [1.29, 1.82) is 0 Å². The fourth-order valence-corrected chi connectivity index (χ4v) is 3.58. The molecule has 1 atom stereocenters. The van der Waals surface area contributed by atoms with Gasteiger partial charge in [-0.3, -0.25) is 9.59 Å². The van der Waals surface area contributed by atoms with Crippen LogP contribution in [0.4, 0.5) is 11.4 Å². The molecule has 2 amide bonds. The zero-order chi connectivity index (χ0) is 16.4. The second-order valence-corrected chi connectivity index (χ2v) is 6.91. The van der Waals surface area contributed by atoms with Gasteiger partial charge in [-0.15, -0.1) is 11.8 Å². The predicted molar refractivity (Wildman–Crippen MR) is 93.9 cm³/mol. The molecule has 0 fully saturated rings. The van der Waals surface area contributed by atoms with E-state index in [0.29, 0.717) is 0 Å². The van der Waals surface area contributed by atoms with Gasteiger partial charge >= 0.3 is 0 Å². The minimum Gasteiger partial charge on any atom is -0.326 e. The van der Waals surface area contributed by atoms with Crippen molar-refractivity contribution in [1.82, 2.24) is 0 Å². The van der Waals surface area contributed by atoms with Gasteiger partial charge in [-0.25, -0.2) is 0 Å². The molecule has 2 aromatic carbocycles. The standard InChI is InChI=1S/C18H18N2O2S/c1-11-7-8-12(2)14(9-11)19-17(21)10-16-18(22)20-13-5-3-4-6-15(13)23-16/h3-9,16H,10H2,1-2H3,(H,19,21)(H,20,22). The van der Waals surface area contributed by atoms with Crippen LogP contribution >= 0.6 is 11.8 Å². The Morgan fingerprint density at radius 3 is 2.83 bits per heavy atom. The summed E-state index contributed by atoms with van der Waals surface area (Å²) >= 11 is 1.44. The molecule has 0 saturated heterocycles. The lowest BCUT2D eigenvalue weighted by Gasteiger charge is -2.23. The van der Waals surface area contributed by atoms with Gasteiger partial charge in [0, 0.05) is 17.0 Å². The molecule has 23 heavy (non-hydrogen) atoms. The molecule has 2 aromatic rings. The number of hydrogen-bond acceptors (Lipinski definition) is 3. The third kappa shape index (κ3) is 3.56. The number of rotatable bonds is 3. The highest BCUT2D eigenvalue weighted by Gasteiger charge is 2.28. The van der Waals surface area contributed by atoms with E-state index in [1.807, 2.05) is 56.3 Å². The van der Waals surface area contributed by atoms with Gasteiger partial charge in [0.15, 0.2) is 0 Å². The maximum Gasteiger partial charge on any atom is 0.238 e. The molecule has 4 nitrogen and oxygen atoms in total. The number of thioether (sulfide) groups is 1. The highest BCUT2D eigenvalue weighted by Crippen LogP contribution is 2.36. The van der Waals surface area contributed by atoms with Crippen molar-refractivity contribution >= 4 is 35.0 Å². The van der Waals surface area contributed by atoms with E-state index < -0.39 is 5.25 Å². The fourth-order valence-electron chi connectivity index (χ4n) is 2.47. The van der Waals surface area contributed by atoms with Crippen LogP contribution in [0.15, 0.2) is 47.4 Å². The lowest BCUT2D eigenvalue weighted by atomic mass is 10.1. The molecule has 0 aliphatic carbocycles. The van der Waals surface area contributed by atoms with Crippen molar-refractivity contribution in [2.24, 2.45) is 0 Å². The lowest BCUT2D eigenvalue weighted by Crippen LogP contribution is -2.32. The van der Waals surface area contributed by atoms with Crippen molar-refractivity contribution < 1.29 is 9.59 Å². The van der Waals surface area contributed by atoms with E-state index in [2.05, 4.69) is 10.6 Å². The highest BCUT2D eigenvalue weighted by molar-refractivity contribution is 8.01. The Morgan fingerprint density at radius 2 is 2.00 bits per heavy atom. The number of amides is 2. The van der Waals surface area contributed by atoms with Gasteiger partial charge in [-0.1, -0.05) is 24.3 Å². The molecule has 0 aromatic heterocycles. The molecule has 0 spiro atoms. The zero-order valence-electron chi connectivity index (χ0n) is 13.1. The largest absolute Gasteiger partial charge is 0.326 e. The van der Waals surface area contributed by atoms with Crippen molar-refractivity contribution in [3.05, 3.63) is 53.6 Å². The van der Waals surface area contributed by atoms with E-state index in [9.17, 15) is 9.59 Å². The van der Waals surface area contributed by atoms with Crippen LogP contribution in [0.25, 0.3) is 0 Å². The van der Waals surface area contributed by atoms with Crippen LogP contribution in [0.1, 0.15) is 17.5 Å². The van der Waals surface area contributed by atoms with E-state index >= 15 is 0 Å². The summed E-state index contributed by atoms with van der Waals surface area (Å²) in [5.41, 5.74) is 3.71. The normalized spacial score (nSPS) is 16.4. The molecule has 1 aliphatic heterocycles. The Morgan fingerprint density at radius 1 is 1.22 bits per heavy atom. The van der Waals surface area contributed by atoms with Crippen LogP contribution < -0.4 is 10.6 Å². The molecule has 118 valence electrons. The first kappa shape index (κ1) is 15.6. The summed E-state index contributed by atoms with van der Waals surface area (Å²) in [4.78, 5) is 25.4. The molecule has 0 bridgehead atoms. The summed E-state index contributed by atoms with van der Waals surface area (Å²) in [7, 11) is 0. The fraction of sp³-hybridized carbons (Fsp3) is 0.222. The van der Waals surface area contributed by atoms with Crippen LogP contribution in [-0.4, -0.2) is 17.1 Å². The van der Waals surface area contributed by atoms with Crippen LogP contribution in [0.2, 0.25) is 0 Å². The summed E-state index contributed by atoms with van der Waals surface area (Å²) < 4.78 is 0. The van der Waals surface area contributed by atoms with Gasteiger partial charge in [-0.2, -0.15) is 0 Å². The molecule has 0 radical (unpaired) electrons. The summed E-state index contributed by atoms with van der Waals surface area (Å²) in [6.07, 6.45) is 0.151. The van der Waals surface area contributed by atoms with E-state index in [1.165, 1.54) is 11.8 Å².